The first-order valence-corrected chi connectivity index (χ1v) is 6.34. The van der Waals surface area contributed by atoms with E-state index in [1.165, 1.54) is 0 Å². The second-order valence-electron chi connectivity index (χ2n) is 3.93. The fourth-order valence-electron chi connectivity index (χ4n) is 1.58. The molecule has 19 heavy (non-hydrogen) atoms. The number of anilines is 1. The van der Waals surface area contributed by atoms with Crippen LogP contribution < -0.4 is 5.32 Å². The number of halogens is 1. The maximum absolute atomic E-state index is 12.0. The highest BCUT2D eigenvalue weighted by Crippen LogP contribution is 2.20. The topological polar surface area (TPSA) is 65.8 Å². The van der Waals surface area contributed by atoms with Crippen LogP contribution in [0, 0.1) is 18.3 Å². The average Bonchev–Trinajstić information content (AvgIpc) is 2.42. The molecular weight excluding hydrogens is 306 g/mol. The van der Waals surface area contributed by atoms with Crippen molar-refractivity contribution in [1.29, 1.82) is 5.26 Å². The van der Waals surface area contributed by atoms with E-state index in [4.69, 9.17) is 5.26 Å². The Morgan fingerprint density at radius 2 is 2.16 bits per heavy atom. The molecule has 0 saturated carbocycles. The van der Waals surface area contributed by atoms with Crippen LogP contribution in [-0.2, 0) is 0 Å². The Kier molecular flexibility index (Phi) is 3.93. The summed E-state index contributed by atoms with van der Waals surface area (Å²) in [7, 11) is 0. The monoisotopic (exact) mass is 315 g/mol. The molecule has 0 aliphatic heterocycles. The Hall–Kier alpha value is -2.19. The second-order valence-corrected chi connectivity index (χ2v) is 4.85. The summed E-state index contributed by atoms with van der Waals surface area (Å²) in [5.74, 6) is -0.331. The lowest BCUT2D eigenvalue weighted by atomic mass is 10.2. The van der Waals surface area contributed by atoms with Gasteiger partial charge in [0, 0.05) is 10.2 Å². The fraction of sp³-hybridized carbons (Fsp3) is 0.0714. The Labute approximate surface area is 119 Å². The van der Waals surface area contributed by atoms with Gasteiger partial charge in [-0.05, 0) is 42.8 Å². The predicted molar refractivity (Wildman–Crippen MR) is 75.8 cm³/mol. The van der Waals surface area contributed by atoms with Crippen LogP contribution >= 0.6 is 15.9 Å². The number of amides is 1. The van der Waals surface area contributed by atoms with Crippen molar-refractivity contribution < 1.29 is 4.79 Å². The van der Waals surface area contributed by atoms with Crippen LogP contribution in [0.25, 0.3) is 0 Å². The molecule has 2 aromatic rings. The summed E-state index contributed by atoms with van der Waals surface area (Å²) < 4.78 is 0.951. The zero-order valence-corrected chi connectivity index (χ0v) is 11.7. The van der Waals surface area contributed by atoms with Crippen LogP contribution in [0.2, 0.25) is 0 Å². The van der Waals surface area contributed by atoms with E-state index >= 15 is 0 Å². The molecule has 0 atom stereocenters. The number of benzene rings is 1. The van der Waals surface area contributed by atoms with Gasteiger partial charge in [0.05, 0.1) is 0 Å². The third-order valence-corrected chi connectivity index (χ3v) is 3.03. The van der Waals surface area contributed by atoms with Gasteiger partial charge in [-0.15, -0.1) is 0 Å². The molecular formula is C14H10BrN3O. The Morgan fingerprint density at radius 1 is 1.37 bits per heavy atom. The Balaban J connectivity index is 2.23. The molecule has 0 aliphatic carbocycles. The van der Waals surface area contributed by atoms with Crippen molar-refractivity contribution in [2.75, 3.05) is 5.32 Å². The molecule has 0 spiro atoms. The number of carbonyl (C=O) groups is 1. The van der Waals surface area contributed by atoms with Crippen molar-refractivity contribution in [3.8, 4) is 6.07 Å². The molecule has 2 rings (SSSR count). The number of carbonyl (C=O) groups excluding carboxylic acids is 1. The molecule has 1 amide bonds. The molecule has 0 saturated heterocycles. The average molecular weight is 316 g/mol. The maximum atomic E-state index is 12.0. The lowest BCUT2D eigenvalue weighted by Gasteiger charge is -2.08. The Morgan fingerprint density at radius 3 is 2.84 bits per heavy atom. The number of nitrogens with one attached hydrogen (secondary N) is 1. The third kappa shape index (κ3) is 3.18. The summed E-state index contributed by atoms with van der Waals surface area (Å²) in [6.45, 7) is 1.90. The zero-order chi connectivity index (χ0) is 13.8. The first kappa shape index (κ1) is 13.2. The predicted octanol–water partition coefficient (Wildman–Crippen LogP) is 3.28. The molecule has 0 unspecified atom stereocenters. The Bertz CT molecular complexity index is 677. The molecule has 4 nitrogen and oxygen atoms in total. The number of pyridine rings is 1. The number of aromatic nitrogens is 1. The van der Waals surface area contributed by atoms with Gasteiger partial charge in [-0.2, -0.15) is 5.26 Å². The minimum Gasteiger partial charge on any atom is -0.320 e. The minimum atomic E-state index is -0.331. The van der Waals surface area contributed by atoms with E-state index in [0.29, 0.717) is 0 Å². The van der Waals surface area contributed by atoms with Gasteiger partial charge in [0.25, 0.3) is 5.91 Å². The highest BCUT2D eigenvalue weighted by atomic mass is 79.9. The number of rotatable bonds is 2. The van der Waals surface area contributed by atoms with Crippen LogP contribution in [-0.4, -0.2) is 10.9 Å². The SMILES string of the molecule is Cc1cc(Br)ccc1NC(=O)c1cccc(C#N)n1. The number of nitriles is 1. The van der Waals surface area contributed by atoms with Crippen molar-refractivity contribution >= 4 is 27.5 Å². The van der Waals surface area contributed by atoms with Gasteiger partial charge in [-0.3, -0.25) is 4.79 Å². The minimum absolute atomic E-state index is 0.222. The lowest BCUT2D eigenvalue weighted by molar-refractivity contribution is 0.102. The largest absolute Gasteiger partial charge is 0.320 e. The summed E-state index contributed by atoms with van der Waals surface area (Å²) in [6, 6.07) is 12.2. The molecule has 1 aromatic carbocycles. The van der Waals surface area contributed by atoms with Gasteiger partial charge in [0.1, 0.15) is 17.5 Å². The van der Waals surface area contributed by atoms with Crippen molar-refractivity contribution in [1.82, 2.24) is 4.98 Å². The van der Waals surface area contributed by atoms with Crippen LogP contribution in [0.5, 0.6) is 0 Å². The molecule has 5 heteroatoms. The molecule has 0 fully saturated rings. The standard InChI is InChI=1S/C14H10BrN3O/c1-9-7-10(15)5-6-12(9)18-14(19)13-4-2-3-11(8-16)17-13/h2-7H,1H3,(H,18,19). The summed E-state index contributed by atoms with van der Waals surface area (Å²) >= 11 is 3.37. The van der Waals surface area contributed by atoms with Crippen LogP contribution in [0.15, 0.2) is 40.9 Å². The molecule has 94 valence electrons. The van der Waals surface area contributed by atoms with Crippen molar-refractivity contribution in [3.63, 3.8) is 0 Å². The van der Waals surface area contributed by atoms with E-state index in [2.05, 4.69) is 26.2 Å². The van der Waals surface area contributed by atoms with Crippen molar-refractivity contribution in [2.45, 2.75) is 6.92 Å². The molecule has 0 radical (unpaired) electrons. The summed E-state index contributed by atoms with van der Waals surface area (Å²) in [6.07, 6.45) is 0. The van der Waals surface area contributed by atoms with Crippen molar-refractivity contribution in [2.24, 2.45) is 0 Å². The van der Waals surface area contributed by atoms with E-state index in [9.17, 15) is 4.79 Å². The molecule has 1 N–H and O–H groups in total. The van der Waals surface area contributed by atoms with E-state index < -0.39 is 0 Å². The van der Waals surface area contributed by atoms with E-state index in [-0.39, 0.29) is 17.3 Å². The smallest absolute Gasteiger partial charge is 0.274 e. The van der Waals surface area contributed by atoms with Gasteiger partial charge in [0.2, 0.25) is 0 Å². The van der Waals surface area contributed by atoms with Gasteiger partial charge < -0.3 is 5.32 Å². The van der Waals surface area contributed by atoms with E-state index in [1.54, 1.807) is 18.2 Å². The number of hydrogen-bond donors (Lipinski definition) is 1. The highest BCUT2D eigenvalue weighted by Gasteiger charge is 2.09. The summed E-state index contributed by atoms with van der Waals surface area (Å²) in [5, 5.41) is 11.5. The first-order valence-electron chi connectivity index (χ1n) is 5.55. The third-order valence-electron chi connectivity index (χ3n) is 2.53. The van der Waals surface area contributed by atoms with Gasteiger partial charge in [-0.25, -0.2) is 4.98 Å². The van der Waals surface area contributed by atoms with Crippen LogP contribution in [0.3, 0.4) is 0 Å². The van der Waals surface area contributed by atoms with E-state index in [0.717, 1.165) is 15.7 Å². The van der Waals surface area contributed by atoms with Gasteiger partial charge >= 0.3 is 0 Å². The van der Waals surface area contributed by atoms with Gasteiger partial charge in [0.15, 0.2) is 0 Å². The van der Waals surface area contributed by atoms with Crippen LogP contribution in [0.4, 0.5) is 5.69 Å². The number of aryl methyl sites for hydroxylation is 1. The quantitative estimate of drug-likeness (QED) is 0.924. The summed E-state index contributed by atoms with van der Waals surface area (Å²) in [5.41, 5.74) is 2.11. The van der Waals surface area contributed by atoms with Gasteiger partial charge in [-0.1, -0.05) is 22.0 Å². The summed E-state index contributed by atoms with van der Waals surface area (Å²) in [4.78, 5) is 16.0. The molecule has 0 bridgehead atoms. The fourth-order valence-corrected chi connectivity index (χ4v) is 2.05. The molecule has 1 aromatic heterocycles. The highest BCUT2D eigenvalue weighted by molar-refractivity contribution is 9.10. The van der Waals surface area contributed by atoms with E-state index in [1.807, 2.05) is 31.2 Å². The first-order chi connectivity index (χ1) is 9.10. The zero-order valence-electron chi connectivity index (χ0n) is 10.1. The lowest BCUT2D eigenvalue weighted by Crippen LogP contribution is -2.14. The molecule has 0 aliphatic rings. The number of hydrogen-bond acceptors (Lipinski definition) is 3. The van der Waals surface area contributed by atoms with Crippen molar-refractivity contribution in [3.05, 3.63) is 57.8 Å². The number of nitrogens with zero attached hydrogens (tertiary/aromatic N) is 2. The maximum Gasteiger partial charge on any atom is 0.274 e. The normalized spacial score (nSPS) is 9.74. The van der Waals surface area contributed by atoms with Crippen LogP contribution in [0.1, 0.15) is 21.7 Å². The second kappa shape index (κ2) is 5.63. The molecule has 1 heterocycles.